The van der Waals surface area contributed by atoms with Gasteiger partial charge in [-0.3, -0.25) is 24.0 Å². The Hall–Kier alpha value is -6.22. The summed E-state index contributed by atoms with van der Waals surface area (Å²) in [6.45, 7) is 4.06. The monoisotopic (exact) mass is 883 g/mol. The molecule has 0 radical (unpaired) electrons. The van der Waals surface area contributed by atoms with Crippen molar-refractivity contribution in [2.45, 2.75) is 95.8 Å². The highest BCUT2D eigenvalue weighted by atomic mass is 16.5. The Morgan fingerprint density at radius 2 is 1.53 bits per heavy atom. The van der Waals surface area contributed by atoms with Gasteiger partial charge in [0.05, 0.1) is 18.7 Å². The van der Waals surface area contributed by atoms with E-state index in [4.69, 9.17) is 36.7 Å². The standard InChI is InChI=1S/C47H65N9O8/c1-5-6-7-8-9-10-11-31-12-15-34(41(28-31)62-4)44(58)54-37(18-19-48)47(61)56(3)42-33-14-17-40(64-25-22-51)36(29-33)35-26-32(13-16-39(35)63-24-21-50)27-38(45(59)52-23-20-49)55-43(57)30(2)53-46(42)60/h12-17,26,28-30,37-38,42H,5-11,18-19,21-25,27,48,50-51H2,1-4H3,(H,52,59)(H,53,60)(H,54,58)(H,55,57)/t30-,37-,38-,42-/m0/s1. The number of carbonyl (C=O) groups excluding carboxylic acids is 5. The number of nitriles is 1. The molecule has 17 heteroatoms. The summed E-state index contributed by atoms with van der Waals surface area (Å²) < 4.78 is 17.8. The molecule has 0 aliphatic carbocycles. The Labute approximate surface area is 376 Å². The van der Waals surface area contributed by atoms with Gasteiger partial charge in [0.25, 0.3) is 5.91 Å². The Kier molecular flexibility index (Phi) is 20.3. The van der Waals surface area contributed by atoms with E-state index < -0.39 is 53.7 Å². The Morgan fingerprint density at radius 3 is 2.19 bits per heavy atom. The lowest BCUT2D eigenvalue weighted by Crippen LogP contribution is -2.56. The highest BCUT2D eigenvalue weighted by Crippen LogP contribution is 2.40. The van der Waals surface area contributed by atoms with Crippen LogP contribution in [0.2, 0.25) is 0 Å². The molecule has 4 bridgehead atoms. The van der Waals surface area contributed by atoms with Gasteiger partial charge in [0.15, 0.2) is 0 Å². The third-order valence-corrected chi connectivity index (χ3v) is 10.9. The molecule has 4 rings (SSSR count). The third-order valence-electron chi connectivity index (χ3n) is 10.9. The van der Waals surface area contributed by atoms with Crippen molar-refractivity contribution in [3.63, 3.8) is 0 Å². The zero-order chi connectivity index (χ0) is 46.6. The molecule has 17 nitrogen and oxygen atoms in total. The second-order valence-electron chi connectivity index (χ2n) is 15.7. The fourth-order valence-electron chi connectivity index (χ4n) is 7.55. The number of nitrogens with one attached hydrogen (secondary N) is 4. The molecule has 0 saturated carbocycles. The lowest BCUT2D eigenvalue weighted by molar-refractivity contribution is -0.141. The normalized spacial score (nSPS) is 16.5. The maximum absolute atomic E-state index is 14.6. The molecule has 3 aromatic carbocycles. The predicted molar refractivity (Wildman–Crippen MR) is 243 cm³/mol. The number of likely N-dealkylation sites (N-methyl/N-ethyl adjacent to an activating group) is 1. The van der Waals surface area contributed by atoms with Crippen molar-refractivity contribution >= 4 is 29.5 Å². The van der Waals surface area contributed by atoms with E-state index in [0.717, 1.165) is 24.8 Å². The van der Waals surface area contributed by atoms with E-state index >= 15 is 0 Å². The van der Waals surface area contributed by atoms with Gasteiger partial charge in [-0.2, -0.15) is 5.26 Å². The van der Waals surface area contributed by atoms with Crippen LogP contribution in [0.25, 0.3) is 11.1 Å². The zero-order valence-corrected chi connectivity index (χ0v) is 37.5. The molecule has 5 amide bonds. The van der Waals surface area contributed by atoms with Crippen LogP contribution >= 0.6 is 0 Å². The van der Waals surface area contributed by atoms with Crippen LogP contribution < -0.4 is 52.7 Å². The number of fused-ring (bicyclic) bond motifs is 5. The van der Waals surface area contributed by atoms with Crippen molar-refractivity contribution in [2.24, 2.45) is 17.2 Å². The van der Waals surface area contributed by atoms with Crippen molar-refractivity contribution in [3.8, 4) is 34.4 Å². The van der Waals surface area contributed by atoms with Gasteiger partial charge in [0.2, 0.25) is 23.6 Å². The van der Waals surface area contributed by atoms with Crippen molar-refractivity contribution in [2.75, 3.05) is 53.6 Å². The van der Waals surface area contributed by atoms with Crippen LogP contribution in [0.4, 0.5) is 0 Å². The van der Waals surface area contributed by atoms with Gasteiger partial charge < -0.3 is 57.6 Å². The zero-order valence-electron chi connectivity index (χ0n) is 37.5. The molecule has 3 aromatic rings. The number of ether oxygens (including phenoxy) is 3. The van der Waals surface area contributed by atoms with E-state index in [9.17, 15) is 24.0 Å². The van der Waals surface area contributed by atoms with Gasteiger partial charge in [0.1, 0.15) is 61.2 Å². The topological polar surface area (TPSA) is 266 Å². The quantitative estimate of drug-likeness (QED) is 0.0568. The summed E-state index contributed by atoms with van der Waals surface area (Å²) in [7, 11) is 2.91. The molecule has 4 atom stereocenters. The lowest BCUT2D eigenvalue weighted by atomic mass is 9.93. The molecule has 0 spiro atoms. The van der Waals surface area contributed by atoms with Crippen molar-refractivity contribution in [3.05, 3.63) is 76.9 Å². The number of rotatable bonds is 22. The first-order valence-corrected chi connectivity index (χ1v) is 22.0. The number of nitrogens with zero attached hydrogens (tertiary/aromatic N) is 2. The first-order valence-electron chi connectivity index (χ1n) is 22.0. The molecule has 346 valence electrons. The number of hydrogen-bond donors (Lipinski definition) is 7. The van der Waals surface area contributed by atoms with E-state index in [0.29, 0.717) is 39.5 Å². The van der Waals surface area contributed by atoms with Crippen LogP contribution in [-0.4, -0.2) is 106 Å². The summed E-state index contributed by atoms with van der Waals surface area (Å²) in [4.78, 5) is 71.3. The second kappa shape index (κ2) is 25.8. The number of nitrogens with two attached hydrogens (primary N) is 3. The maximum Gasteiger partial charge on any atom is 0.255 e. The molecule has 0 fully saturated rings. The SMILES string of the molecule is CCCCCCCCc1ccc(C(=O)N[C@@H](CCN)C(=O)N(C)[C@@H]2C(=O)N[C@@H](C)C(=O)N[C@H](C(=O)NCC#N)Cc3ccc(OCCN)c(c3)-c3cc2ccc3OCCN)c(OC)c1. The smallest absolute Gasteiger partial charge is 0.255 e. The highest BCUT2D eigenvalue weighted by Gasteiger charge is 2.36. The van der Waals surface area contributed by atoms with Gasteiger partial charge in [-0.25, -0.2) is 0 Å². The van der Waals surface area contributed by atoms with Crippen LogP contribution in [0.3, 0.4) is 0 Å². The average molecular weight is 884 g/mol. The number of aryl methyl sites for hydroxylation is 1. The number of unbranched alkanes of at least 4 members (excludes halogenated alkanes) is 5. The van der Waals surface area contributed by atoms with Crippen molar-refractivity contribution in [1.29, 1.82) is 5.26 Å². The van der Waals surface area contributed by atoms with E-state index in [-0.39, 0.29) is 57.8 Å². The highest BCUT2D eigenvalue weighted by molar-refractivity contribution is 6.01. The van der Waals surface area contributed by atoms with Crippen LogP contribution in [-0.2, 0) is 32.0 Å². The van der Waals surface area contributed by atoms with Gasteiger partial charge >= 0.3 is 0 Å². The van der Waals surface area contributed by atoms with Gasteiger partial charge in [-0.1, -0.05) is 57.2 Å². The fraction of sp³-hybridized carbons (Fsp3) is 0.489. The molecule has 0 unspecified atom stereocenters. The van der Waals surface area contributed by atoms with Crippen LogP contribution in [0.1, 0.15) is 91.9 Å². The molecule has 1 aliphatic rings. The summed E-state index contributed by atoms with van der Waals surface area (Å²) in [5.74, 6) is -2.09. The van der Waals surface area contributed by atoms with Crippen molar-refractivity contribution in [1.82, 2.24) is 26.2 Å². The molecule has 0 aromatic heterocycles. The van der Waals surface area contributed by atoms with Crippen LogP contribution in [0.15, 0.2) is 54.6 Å². The fourth-order valence-corrected chi connectivity index (χ4v) is 7.55. The van der Waals surface area contributed by atoms with Gasteiger partial charge in [-0.15, -0.1) is 0 Å². The first kappa shape index (κ1) is 50.4. The molecular formula is C47H65N9O8. The summed E-state index contributed by atoms with van der Waals surface area (Å²) in [5.41, 5.74) is 20.9. The summed E-state index contributed by atoms with van der Waals surface area (Å²) in [6, 6.07) is 12.6. The van der Waals surface area contributed by atoms with E-state index in [1.165, 1.54) is 51.7 Å². The lowest BCUT2D eigenvalue weighted by Gasteiger charge is -2.32. The number of methoxy groups -OCH3 is 1. The number of amides is 5. The molecule has 10 N–H and O–H groups in total. The first-order chi connectivity index (χ1) is 30.9. The summed E-state index contributed by atoms with van der Waals surface area (Å²) in [6.07, 6.45) is 7.79. The number of carbonyl (C=O) groups is 5. The maximum atomic E-state index is 14.6. The molecule has 64 heavy (non-hydrogen) atoms. The minimum atomic E-state index is -1.38. The average Bonchev–Trinajstić information content (AvgIpc) is 3.29. The third kappa shape index (κ3) is 13.9. The number of benzene rings is 3. The molecule has 1 aliphatic heterocycles. The van der Waals surface area contributed by atoms with Gasteiger partial charge in [0, 0.05) is 37.7 Å². The van der Waals surface area contributed by atoms with E-state index in [2.05, 4.69) is 28.2 Å². The minimum absolute atomic E-state index is 0.00977. The minimum Gasteiger partial charge on any atom is -0.496 e. The number of hydrogen-bond acceptors (Lipinski definition) is 12. The van der Waals surface area contributed by atoms with E-state index in [1.54, 1.807) is 42.5 Å². The van der Waals surface area contributed by atoms with Crippen LogP contribution in [0.5, 0.6) is 17.2 Å². The molecule has 1 heterocycles. The molecule has 0 saturated heterocycles. The molecular weight excluding hydrogens is 819 g/mol. The van der Waals surface area contributed by atoms with Gasteiger partial charge in [-0.05, 0) is 85.8 Å². The Balaban J connectivity index is 1.77. The summed E-state index contributed by atoms with van der Waals surface area (Å²) in [5, 5.41) is 19.9. The summed E-state index contributed by atoms with van der Waals surface area (Å²) >= 11 is 0. The Morgan fingerprint density at radius 1 is 0.859 bits per heavy atom. The second-order valence-corrected chi connectivity index (χ2v) is 15.7. The Bertz CT molecular complexity index is 2110. The van der Waals surface area contributed by atoms with Crippen LogP contribution in [0, 0.1) is 11.3 Å². The van der Waals surface area contributed by atoms with E-state index in [1.807, 2.05) is 18.2 Å². The van der Waals surface area contributed by atoms with Crippen molar-refractivity contribution < 1.29 is 38.2 Å². The largest absolute Gasteiger partial charge is 0.496 e. The predicted octanol–water partition coefficient (Wildman–Crippen LogP) is 2.77.